The van der Waals surface area contributed by atoms with E-state index in [1.807, 2.05) is 18.2 Å². The number of ether oxygens (including phenoxy) is 2. The summed E-state index contributed by atoms with van der Waals surface area (Å²) in [6, 6.07) is 10.4. The summed E-state index contributed by atoms with van der Waals surface area (Å²) < 4.78 is 12.1. The molecule has 2 aromatic rings. The monoisotopic (exact) mass is 507 g/mol. The number of nitrogens with zero attached hydrogens (tertiary/aromatic N) is 1. The average Bonchev–Trinajstić information content (AvgIpc) is 3.63. The van der Waals surface area contributed by atoms with Crippen LogP contribution in [0.5, 0.6) is 11.5 Å². The second-order valence-electron chi connectivity index (χ2n) is 10.3. The molecule has 0 radical (unpaired) electrons. The summed E-state index contributed by atoms with van der Waals surface area (Å²) in [5, 5.41) is 12.7. The van der Waals surface area contributed by atoms with Gasteiger partial charge in [0.25, 0.3) is 5.91 Å². The Morgan fingerprint density at radius 2 is 2.08 bits per heavy atom. The van der Waals surface area contributed by atoms with Crippen LogP contribution in [0.15, 0.2) is 43.0 Å². The number of nitrogens with one attached hydrogen (secondary N) is 1. The number of rotatable bonds is 16. The number of carbonyl (C=O) groups is 1. The number of benzene rings is 2. The molecule has 1 saturated carbocycles. The topological polar surface area (TPSA) is 97.0 Å². The van der Waals surface area contributed by atoms with Crippen molar-refractivity contribution in [2.75, 3.05) is 44.4 Å². The van der Waals surface area contributed by atoms with E-state index >= 15 is 0 Å². The van der Waals surface area contributed by atoms with Crippen molar-refractivity contribution >= 4 is 11.6 Å². The van der Waals surface area contributed by atoms with Crippen LogP contribution in [-0.4, -0.2) is 56.5 Å². The smallest absolute Gasteiger partial charge is 0.250 e. The molecule has 37 heavy (non-hydrogen) atoms. The molecule has 1 unspecified atom stereocenters. The van der Waals surface area contributed by atoms with E-state index in [0.29, 0.717) is 31.1 Å². The summed E-state index contributed by atoms with van der Waals surface area (Å²) in [7, 11) is 0. The molecule has 0 aromatic heterocycles. The molecule has 0 saturated heterocycles. The summed E-state index contributed by atoms with van der Waals surface area (Å²) in [4.78, 5) is 14.4. The zero-order valence-corrected chi connectivity index (χ0v) is 22.0. The van der Waals surface area contributed by atoms with Crippen molar-refractivity contribution in [3.05, 3.63) is 65.2 Å². The largest absolute Gasteiger partial charge is 0.489 e. The molecular weight excluding hydrogens is 466 g/mol. The van der Waals surface area contributed by atoms with E-state index in [9.17, 15) is 9.90 Å². The second kappa shape index (κ2) is 13.0. The maximum atomic E-state index is 12.2. The van der Waals surface area contributed by atoms with Crippen LogP contribution in [-0.2, 0) is 19.3 Å². The van der Waals surface area contributed by atoms with Gasteiger partial charge in [0, 0.05) is 32.3 Å². The molecule has 1 atom stereocenters. The van der Waals surface area contributed by atoms with Crippen molar-refractivity contribution in [3.8, 4) is 11.5 Å². The molecule has 1 amide bonds. The number of amides is 1. The van der Waals surface area contributed by atoms with Gasteiger partial charge in [-0.15, -0.1) is 6.58 Å². The molecule has 1 aliphatic carbocycles. The lowest BCUT2D eigenvalue weighted by molar-refractivity contribution is 0.100. The van der Waals surface area contributed by atoms with Gasteiger partial charge in [-0.1, -0.05) is 18.2 Å². The van der Waals surface area contributed by atoms with Crippen molar-refractivity contribution < 1.29 is 19.4 Å². The molecule has 2 aliphatic rings. The second-order valence-corrected chi connectivity index (χ2v) is 10.3. The van der Waals surface area contributed by atoms with Gasteiger partial charge < -0.3 is 30.5 Å². The van der Waals surface area contributed by atoms with E-state index in [4.69, 9.17) is 15.2 Å². The Morgan fingerprint density at radius 3 is 2.81 bits per heavy atom. The maximum Gasteiger partial charge on any atom is 0.250 e. The Bertz CT molecular complexity index is 1080. The van der Waals surface area contributed by atoms with Gasteiger partial charge in [0.1, 0.15) is 6.61 Å². The Morgan fingerprint density at radius 1 is 1.24 bits per heavy atom. The molecule has 7 heteroatoms. The lowest BCUT2D eigenvalue weighted by atomic mass is 9.98. The van der Waals surface area contributed by atoms with Crippen molar-refractivity contribution in [1.82, 2.24) is 5.32 Å². The fraction of sp³-hybridized carbons (Fsp3) is 0.500. The number of aliphatic hydroxyl groups is 1. The molecular formula is C30H41N3O4. The summed E-state index contributed by atoms with van der Waals surface area (Å²) in [6.45, 7) is 9.66. The molecule has 7 nitrogen and oxygen atoms in total. The molecule has 0 spiro atoms. The van der Waals surface area contributed by atoms with E-state index in [-0.39, 0.29) is 12.6 Å². The van der Waals surface area contributed by atoms with Crippen LogP contribution in [0.3, 0.4) is 0 Å². The van der Waals surface area contributed by atoms with Crippen LogP contribution in [0.4, 0.5) is 5.69 Å². The minimum Gasteiger partial charge on any atom is -0.489 e. The molecule has 0 bridgehead atoms. The van der Waals surface area contributed by atoms with E-state index in [2.05, 4.69) is 41.9 Å². The van der Waals surface area contributed by atoms with Crippen LogP contribution in [0.1, 0.15) is 53.2 Å². The fourth-order valence-corrected chi connectivity index (χ4v) is 4.94. The predicted octanol–water partition coefficient (Wildman–Crippen LogP) is 3.65. The van der Waals surface area contributed by atoms with Gasteiger partial charge in [-0.3, -0.25) is 4.79 Å². The molecule has 4 N–H and O–H groups in total. The van der Waals surface area contributed by atoms with E-state index in [1.165, 1.54) is 24.0 Å². The Kier molecular flexibility index (Phi) is 9.47. The number of allylic oxidation sites excluding steroid dienone is 1. The number of aliphatic hydroxyl groups excluding tert-OH is 1. The first-order valence-corrected chi connectivity index (χ1v) is 13.5. The van der Waals surface area contributed by atoms with Gasteiger partial charge in [0.15, 0.2) is 11.5 Å². The Hall–Kier alpha value is -3.03. The number of nitrogens with two attached hydrogens (primary N) is 1. The minimum absolute atomic E-state index is 0.137. The third-order valence-corrected chi connectivity index (χ3v) is 7.02. The normalized spacial score (nSPS) is 15.4. The quantitative estimate of drug-likeness (QED) is 0.237. The number of carbonyl (C=O) groups excluding carboxylic acids is 1. The van der Waals surface area contributed by atoms with Crippen LogP contribution < -0.4 is 25.4 Å². The zero-order valence-electron chi connectivity index (χ0n) is 22.0. The van der Waals surface area contributed by atoms with Gasteiger partial charge in [-0.05, 0) is 86.3 Å². The third kappa shape index (κ3) is 7.49. The Labute approximate surface area is 220 Å². The zero-order chi connectivity index (χ0) is 26.2. The maximum absolute atomic E-state index is 12.2. The molecule has 4 rings (SSSR count). The van der Waals surface area contributed by atoms with Gasteiger partial charge in [-0.2, -0.15) is 0 Å². The van der Waals surface area contributed by atoms with Crippen molar-refractivity contribution in [1.29, 1.82) is 0 Å². The van der Waals surface area contributed by atoms with Gasteiger partial charge in [0.05, 0.1) is 17.9 Å². The van der Waals surface area contributed by atoms with Crippen molar-refractivity contribution in [2.24, 2.45) is 11.7 Å². The van der Waals surface area contributed by atoms with Gasteiger partial charge >= 0.3 is 0 Å². The third-order valence-electron chi connectivity index (χ3n) is 7.02. The Balaban J connectivity index is 1.30. The average molecular weight is 508 g/mol. The highest BCUT2D eigenvalue weighted by Gasteiger charge is 2.26. The highest BCUT2D eigenvalue weighted by atomic mass is 16.5. The van der Waals surface area contributed by atoms with Crippen LogP contribution >= 0.6 is 0 Å². The first-order chi connectivity index (χ1) is 18.0. The van der Waals surface area contributed by atoms with Crippen molar-refractivity contribution in [3.63, 3.8) is 0 Å². The number of primary amides is 1. The van der Waals surface area contributed by atoms with Crippen molar-refractivity contribution in [2.45, 2.75) is 51.5 Å². The fourth-order valence-electron chi connectivity index (χ4n) is 4.94. The highest BCUT2D eigenvalue weighted by molar-refractivity contribution is 6.00. The number of hydrogen-bond donors (Lipinski definition) is 3. The van der Waals surface area contributed by atoms with Crippen LogP contribution in [0.25, 0.3) is 0 Å². The van der Waals surface area contributed by atoms with Gasteiger partial charge in [0.2, 0.25) is 0 Å². The number of fused-ring (bicyclic) bond motifs is 1. The number of hydrogen-bond acceptors (Lipinski definition) is 6. The predicted molar refractivity (Wildman–Crippen MR) is 148 cm³/mol. The lowest BCUT2D eigenvalue weighted by Crippen LogP contribution is -2.32. The summed E-state index contributed by atoms with van der Waals surface area (Å²) in [5.41, 5.74) is 10.7. The van der Waals surface area contributed by atoms with E-state index in [1.54, 1.807) is 0 Å². The SMILES string of the molecule is C=CCc1ccc(OCCNC(C)Cc2cc3c(c(C(N)=O)c2)N(CCCO)CC3)c(OCC2CC2)c1. The highest BCUT2D eigenvalue weighted by Crippen LogP contribution is 2.35. The van der Waals surface area contributed by atoms with Gasteiger partial charge in [-0.25, -0.2) is 0 Å². The number of anilines is 1. The molecule has 1 aliphatic heterocycles. The molecule has 1 heterocycles. The molecule has 2 aromatic carbocycles. The van der Waals surface area contributed by atoms with E-state index in [0.717, 1.165) is 61.7 Å². The van der Waals surface area contributed by atoms with Crippen LogP contribution in [0.2, 0.25) is 0 Å². The molecule has 1 fully saturated rings. The minimum atomic E-state index is -0.401. The summed E-state index contributed by atoms with van der Waals surface area (Å²) in [5.74, 6) is 1.86. The van der Waals surface area contributed by atoms with E-state index < -0.39 is 5.91 Å². The standard InChI is InChI=1S/C30H41N3O4/c1-3-5-22-8-9-27(28(19-22)37-20-23-6-7-23)36-15-11-32-21(2)16-24-17-25-10-13-33(12-4-14-34)29(25)26(18-24)30(31)35/h3,8-9,17-19,21,23,32,34H,1,4-7,10-16,20H2,2H3,(H2,31,35). The first-order valence-electron chi connectivity index (χ1n) is 13.5. The first kappa shape index (κ1) is 27.0. The summed E-state index contributed by atoms with van der Waals surface area (Å²) >= 11 is 0. The van der Waals surface area contributed by atoms with Crippen LogP contribution in [0, 0.1) is 5.92 Å². The lowest BCUT2D eigenvalue weighted by Gasteiger charge is -2.22. The molecule has 200 valence electrons. The summed E-state index contributed by atoms with van der Waals surface area (Å²) in [6.07, 6.45) is 7.55.